The molecule has 0 unspecified atom stereocenters. The number of aromatic nitrogens is 2. The number of nitrogens with two attached hydrogens (primary N) is 1. The van der Waals surface area contributed by atoms with Gasteiger partial charge in [0.25, 0.3) is 5.56 Å². The van der Waals surface area contributed by atoms with Crippen molar-refractivity contribution in [3.05, 3.63) is 20.8 Å². The number of nitrogens with one attached hydrogen (secondary N) is 2. The normalized spacial score (nSPS) is 10.6. The summed E-state index contributed by atoms with van der Waals surface area (Å²) in [5.41, 5.74) is 5.26. The van der Waals surface area contributed by atoms with Gasteiger partial charge in [0.2, 0.25) is 0 Å². The zero-order valence-corrected chi connectivity index (χ0v) is 11.6. The summed E-state index contributed by atoms with van der Waals surface area (Å²) in [7, 11) is 0. The third kappa shape index (κ3) is 3.56. The Balaban J connectivity index is 2.93. The summed E-state index contributed by atoms with van der Waals surface area (Å²) >= 11 is 1.75. The van der Waals surface area contributed by atoms with Gasteiger partial charge < -0.3 is 11.1 Å². The van der Waals surface area contributed by atoms with E-state index >= 15 is 0 Å². The van der Waals surface area contributed by atoms with Crippen LogP contribution in [-0.4, -0.2) is 28.1 Å². The summed E-state index contributed by atoms with van der Waals surface area (Å²) in [5.74, 6) is 1.23. The molecule has 6 nitrogen and oxygen atoms in total. The number of H-pyrrole nitrogens is 1. The molecule has 0 aliphatic heterocycles. The maximum absolute atomic E-state index is 11.7. The molecule has 0 aliphatic rings. The van der Waals surface area contributed by atoms with Gasteiger partial charge in [-0.1, -0.05) is 6.92 Å². The van der Waals surface area contributed by atoms with Gasteiger partial charge in [0.1, 0.15) is 11.5 Å². The maximum atomic E-state index is 11.7. The van der Waals surface area contributed by atoms with E-state index < -0.39 is 11.2 Å². The average molecular weight is 272 g/mol. The zero-order valence-electron chi connectivity index (χ0n) is 10.8. The molecule has 0 amide bonds. The van der Waals surface area contributed by atoms with Gasteiger partial charge in [-0.2, -0.15) is 11.8 Å². The van der Waals surface area contributed by atoms with Crippen LogP contribution in [0.1, 0.15) is 19.8 Å². The van der Waals surface area contributed by atoms with Gasteiger partial charge >= 0.3 is 5.69 Å². The number of rotatable bonds is 7. The molecule has 1 heterocycles. The van der Waals surface area contributed by atoms with Crippen LogP contribution in [-0.2, 0) is 6.54 Å². The summed E-state index contributed by atoms with van der Waals surface area (Å²) in [6.07, 6.45) is 3.75. The summed E-state index contributed by atoms with van der Waals surface area (Å²) in [6.45, 7) is 3.11. The Bertz CT molecular complexity index is 495. The van der Waals surface area contributed by atoms with Crippen molar-refractivity contribution in [3.8, 4) is 0 Å². The summed E-state index contributed by atoms with van der Waals surface area (Å²) in [6, 6.07) is 0. The standard InChI is InChI=1S/C11H20N4O2S/c1-3-6-15-9(12)8(10(16)14-11(15)17)13-5-4-7-18-2/h13H,3-7,12H2,1-2H3,(H,14,16,17). The lowest BCUT2D eigenvalue weighted by Gasteiger charge is -2.12. The Morgan fingerprint density at radius 1 is 1.44 bits per heavy atom. The zero-order chi connectivity index (χ0) is 13.5. The number of hydrogen-bond donors (Lipinski definition) is 3. The molecule has 1 aromatic heterocycles. The number of hydrogen-bond acceptors (Lipinski definition) is 5. The van der Waals surface area contributed by atoms with Crippen molar-refractivity contribution in [1.29, 1.82) is 0 Å². The fourth-order valence-electron chi connectivity index (χ4n) is 1.63. The third-order valence-electron chi connectivity index (χ3n) is 2.51. The van der Waals surface area contributed by atoms with Crippen molar-refractivity contribution < 1.29 is 0 Å². The molecule has 0 aliphatic carbocycles. The first-order chi connectivity index (χ1) is 8.61. The van der Waals surface area contributed by atoms with Gasteiger partial charge in [-0.15, -0.1) is 0 Å². The fourth-order valence-corrected chi connectivity index (χ4v) is 2.07. The number of nitrogens with zero attached hydrogens (tertiary/aromatic N) is 1. The van der Waals surface area contributed by atoms with Gasteiger partial charge in [0, 0.05) is 13.1 Å². The SMILES string of the molecule is CCCn1c(N)c(NCCCSC)c(=O)[nH]c1=O. The second-order valence-electron chi connectivity index (χ2n) is 3.94. The lowest BCUT2D eigenvalue weighted by molar-refractivity contribution is 0.642. The lowest BCUT2D eigenvalue weighted by atomic mass is 10.4. The molecule has 1 aromatic rings. The van der Waals surface area contributed by atoms with Crippen LogP contribution in [0.2, 0.25) is 0 Å². The first-order valence-corrected chi connectivity index (χ1v) is 7.36. The molecule has 4 N–H and O–H groups in total. The van der Waals surface area contributed by atoms with Crippen molar-refractivity contribution >= 4 is 23.3 Å². The Kier molecular flexibility index (Phi) is 5.84. The molecule has 102 valence electrons. The topological polar surface area (TPSA) is 92.9 Å². The Labute approximate surface area is 110 Å². The van der Waals surface area contributed by atoms with Gasteiger partial charge in [-0.3, -0.25) is 14.3 Å². The van der Waals surface area contributed by atoms with Crippen molar-refractivity contribution in [2.24, 2.45) is 0 Å². The van der Waals surface area contributed by atoms with Crippen molar-refractivity contribution in [2.75, 3.05) is 29.6 Å². The molecule has 0 saturated heterocycles. The quantitative estimate of drug-likeness (QED) is 0.635. The fraction of sp³-hybridized carbons (Fsp3) is 0.636. The van der Waals surface area contributed by atoms with Crippen molar-refractivity contribution in [1.82, 2.24) is 9.55 Å². The number of thioether (sulfide) groups is 1. The molecule has 1 rings (SSSR count). The van der Waals surface area contributed by atoms with Crippen LogP contribution in [0, 0.1) is 0 Å². The van der Waals surface area contributed by atoms with Gasteiger partial charge in [-0.25, -0.2) is 4.79 Å². The highest BCUT2D eigenvalue weighted by Gasteiger charge is 2.10. The molecular formula is C11H20N4O2S. The van der Waals surface area contributed by atoms with E-state index in [2.05, 4.69) is 10.3 Å². The number of aromatic amines is 1. The van der Waals surface area contributed by atoms with Gasteiger partial charge in [0.05, 0.1) is 0 Å². The van der Waals surface area contributed by atoms with Crippen LogP contribution >= 0.6 is 11.8 Å². The van der Waals surface area contributed by atoms with E-state index in [0.29, 0.717) is 18.8 Å². The molecule has 0 fully saturated rings. The molecule has 0 radical (unpaired) electrons. The van der Waals surface area contributed by atoms with Crippen LogP contribution in [0.4, 0.5) is 11.5 Å². The van der Waals surface area contributed by atoms with Crippen molar-refractivity contribution in [2.45, 2.75) is 26.3 Å². The van der Waals surface area contributed by atoms with Gasteiger partial charge in [0.15, 0.2) is 0 Å². The first-order valence-electron chi connectivity index (χ1n) is 5.97. The van der Waals surface area contributed by atoms with Crippen LogP contribution in [0.5, 0.6) is 0 Å². The second-order valence-corrected chi connectivity index (χ2v) is 4.93. The largest absolute Gasteiger partial charge is 0.383 e. The lowest BCUT2D eigenvalue weighted by Crippen LogP contribution is -2.34. The molecule has 0 saturated carbocycles. The molecule has 0 bridgehead atoms. The molecule has 18 heavy (non-hydrogen) atoms. The van der Waals surface area contributed by atoms with E-state index in [0.717, 1.165) is 18.6 Å². The minimum Gasteiger partial charge on any atom is -0.383 e. The van der Waals surface area contributed by atoms with E-state index in [1.165, 1.54) is 4.57 Å². The Morgan fingerprint density at radius 3 is 2.78 bits per heavy atom. The minimum absolute atomic E-state index is 0.217. The minimum atomic E-state index is -0.450. The smallest absolute Gasteiger partial charge is 0.330 e. The van der Waals surface area contributed by atoms with Crippen LogP contribution in [0.3, 0.4) is 0 Å². The predicted octanol–water partition coefficient (Wildman–Crippen LogP) is 0.694. The molecule has 0 spiro atoms. The summed E-state index contributed by atoms with van der Waals surface area (Å²) in [5, 5.41) is 3.00. The Morgan fingerprint density at radius 2 is 2.17 bits per heavy atom. The van der Waals surface area contributed by atoms with E-state index in [-0.39, 0.29) is 5.82 Å². The van der Waals surface area contributed by atoms with E-state index in [9.17, 15) is 9.59 Å². The molecule has 0 atom stereocenters. The van der Waals surface area contributed by atoms with Crippen LogP contribution in [0.15, 0.2) is 9.59 Å². The highest BCUT2D eigenvalue weighted by atomic mass is 32.2. The monoisotopic (exact) mass is 272 g/mol. The van der Waals surface area contributed by atoms with E-state index in [4.69, 9.17) is 5.73 Å². The average Bonchev–Trinajstić information content (AvgIpc) is 2.33. The molecule has 7 heteroatoms. The second kappa shape index (κ2) is 7.15. The van der Waals surface area contributed by atoms with E-state index in [1.54, 1.807) is 11.8 Å². The summed E-state index contributed by atoms with van der Waals surface area (Å²) < 4.78 is 1.39. The highest BCUT2D eigenvalue weighted by molar-refractivity contribution is 7.98. The van der Waals surface area contributed by atoms with E-state index in [1.807, 2.05) is 13.2 Å². The number of nitrogen functional groups attached to an aromatic ring is 1. The summed E-state index contributed by atoms with van der Waals surface area (Å²) in [4.78, 5) is 25.5. The van der Waals surface area contributed by atoms with Crippen molar-refractivity contribution in [3.63, 3.8) is 0 Å². The molecule has 0 aromatic carbocycles. The first kappa shape index (κ1) is 14.7. The van der Waals surface area contributed by atoms with Crippen LogP contribution in [0.25, 0.3) is 0 Å². The molecular weight excluding hydrogens is 252 g/mol. The highest BCUT2D eigenvalue weighted by Crippen LogP contribution is 2.10. The maximum Gasteiger partial charge on any atom is 0.330 e. The predicted molar refractivity (Wildman–Crippen MR) is 77.5 cm³/mol. The number of anilines is 2. The van der Waals surface area contributed by atoms with Gasteiger partial charge in [-0.05, 0) is 24.9 Å². The Hall–Kier alpha value is -1.37. The third-order valence-corrected chi connectivity index (χ3v) is 3.21. The van der Waals surface area contributed by atoms with Crippen LogP contribution < -0.4 is 22.3 Å².